The molecule has 4 heteroatoms. The molecule has 0 saturated carbocycles. The normalized spacial score (nSPS) is 24.8. The van der Waals surface area contributed by atoms with E-state index in [4.69, 9.17) is 9.47 Å². The summed E-state index contributed by atoms with van der Waals surface area (Å²) in [6.07, 6.45) is 0.494. The van der Waals surface area contributed by atoms with E-state index in [2.05, 4.69) is 36.2 Å². The summed E-state index contributed by atoms with van der Waals surface area (Å²) in [6, 6.07) is 10.7. The first-order chi connectivity index (χ1) is 10.7. The summed E-state index contributed by atoms with van der Waals surface area (Å²) in [4.78, 5) is 2.24. The van der Waals surface area contributed by atoms with E-state index >= 15 is 0 Å². The zero-order valence-corrected chi connectivity index (χ0v) is 12.4. The molecule has 4 nitrogen and oxygen atoms in total. The van der Waals surface area contributed by atoms with Crippen molar-refractivity contribution >= 4 is 0 Å². The standard InChI is InChI=1S/C18H17NO3/c1-19-8-14(20)12-7-15-18(22-9-21-15)17-11-5-3-2-4-10(11)6-13(19)16(12)17/h2-5,7,13-14,20H,6,8-9H2,1H3/t13-,14+/m1/s1. The molecule has 3 aliphatic rings. The summed E-state index contributed by atoms with van der Waals surface area (Å²) in [5, 5.41) is 10.5. The van der Waals surface area contributed by atoms with Crippen molar-refractivity contribution in [1.82, 2.24) is 4.90 Å². The third-order valence-corrected chi connectivity index (χ3v) is 5.12. The second-order valence-corrected chi connectivity index (χ2v) is 6.32. The number of rotatable bonds is 0. The summed E-state index contributed by atoms with van der Waals surface area (Å²) < 4.78 is 11.4. The first kappa shape index (κ1) is 12.5. The maximum Gasteiger partial charge on any atom is 0.231 e. The number of aliphatic hydroxyl groups excluding tert-OH is 1. The van der Waals surface area contributed by atoms with Gasteiger partial charge in [-0.1, -0.05) is 24.3 Å². The minimum Gasteiger partial charge on any atom is -0.454 e. The van der Waals surface area contributed by atoms with Crippen LogP contribution < -0.4 is 9.47 Å². The Balaban J connectivity index is 1.90. The van der Waals surface area contributed by atoms with Crippen LogP contribution in [0.3, 0.4) is 0 Å². The zero-order chi connectivity index (χ0) is 14.8. The van der Waals surface area contributed by atoms with Crippen LogP contribution in [0, 0.1) is 0 Å². The smallest absolute Gasteiger partial charge is 0.231 e. The van der Waals surface area contributed by atoms with Gasteiger partial charge >= 0.3 is 0 Å². The van der Waals surface area contributed by atoms with Crippen LogP contribution in [0.5, 0.6) is 11.5 Å². The molecule has 0 bridgehead atoms. The third-order valence-electron chi connectivity index (χ3n) is 5.12. The van der Waals surface area contributed by atoms with Gasteiger partial charge in [0.25, 0.3) is 0 Å². The van der Waals surface area contributed by atoms with Crippen molar-refractivity contribution in [3.63, 3.8) is 0 Å². The second kappa shape index (κ2) is 4.24. The molecule has 22 heavy (non-hydrogen) atoms. The third kappa shape index (κ3) is 1.49. The van der Waals surface area contributed by atoms with Crippen molar-refractivity contribution in [3.8, 4) is 22.6 Å². The van der Waals surface area contributed by atoms with Gasteiger partial charge in [0.15, 0.2) is 11.5 Å². The quantitative estimate of drug-likeness (QED) is 0.811. The number of fused-ring (bicyclic) bond motifs is 4. The summed E-state index contributed by atoms with van der Waals surface area (Å²) in [6.45, 7) is 0.906. The number of β-amino-alcohol motifs (C(OH)–C–C–N with tert-alkyl or cyclic N) is 1. The fourth-order valence-electron chi connectivity index (χ4n) is 4.11. The molecule has 5 rings (SSSR count). The Kier molecular flexibility index (Phi) is 2.41. The number of hydrogen-bond acceptors (Lipinski definition) is 4. The second-order valence-electron chi connectivity index (χ2n) is 6.32. The number of nitrogens with zero attached hydrogens (tertiary/aromatic N) is 1. The lowest BCUT2D eigenvalue weighted by molar-refractivity contribution is 0.0831. The Labute approximate surface area is 128 Å². The average molecular weight is 295 g/mol. The van der Waals surface area contributed by atoms with Crippen molar-refractivity contribution in [2.75, 3.05) is 20.4 Å². The SMILES string of the molecule is CN1C[C@H](O)c2cc3c(c4c2[C@H]1Cc1ccccc1-4)OCO3. The summed E-state index contributed by atoms with van der Waals surface area (Å²) in [5.41, 5.74) is 5.86. The molecule has 112 valence electrons. The molecule has 2 aromatic rings. The van der Waals surface area contributed by atoms with E-state index in [0.29, 0.717) is 6.54 Å². The highest BCUT2D eigenvalue weighted by molar-refractivity contribution is 5.84. The van der Waals surface area contributed by atoms with Crippen molar-refractivity contribution in [2.24, 2.45) is 0 Å². The first-order valence-electron chi connectivity index (χ1n) is 7.67. The van der Waals surface area contributed by atoms with Crippen LogP contribution in [0.25, 0.3) is 11.1 Å². The van der Waals surface area contributed by atoms with Crippen LogP contribution in [-0.2, 0) is 6.42 Å². The number of ether oxygens (including phenoxy) is 2. The van der Waals surface area contributed by atoms with E-state index in [9.17, 15) is 5.11 Å². The Morgan fingerprint density at radius 3 is 3.00 bits per heavy atom. The van der Waals surface area contributed by atoms with Gasteiger partial charge in [-0.2, -0.15) is 0 Å². The highest BCUT2D eigenvalue weighted by atomic mass is 16.7. The summed E-state index contributed by atoms with van der Waals surface area (Å²) in [5.74, 6) is 1.59. The lowest BCUT2D eigenvalue weighted by atomic mass is 9.76. The molecule has 0 fully saturated rings. The molecule has 0 amide bonds. The van der Waals surface area contributed by atoms with Gasteiger partial charge in [-0.05, 0) is 41.8 Å². The van der Waals surface area contributed by atoms with E-state index in [0.717, 1.165) is 29.0 Å². The van der Waals surface area contributed by atoms with Crippen molar-refractivity contribution in [2.45, 2.75) is 18.6 Å². The molecule has 1 N–H and O–H groups in total. The zero-order valence-electron chi connectivity index (χ0n) is 12.4. The van der Waals surface area contributed by atoms with E-state index in [1.54, 1.807) is 0 Å². The maximum absolute atomic E-state index is 10.5. The van der Waals surface area contributed by atoms with Gasteiger partial charge in [-0.25, -0.2) is 0 Å². The van der Waals surface area contributed by atoms with Gasteiger partial charge in [0.2, 0.25) is 6.79 Å². The number of likely N-dealkylation sites (N-methyl/N-ethyl adjacent to an activating group) is 1. The lowest BCUT2D eigenvalue weighted by Gasteiger charge is -2.41. The van der Waals surface area contributed by atoms with E-state index in [1.807, 2.05) is 6.07 Å². The molecule has 0 radical (unpaired) electrons. The summed E-state index contributed by atoms with van der Waals surface area (Å²) >= 11 is 0. The van der Waals surface area contributed by atoms with Crippen LogP contribution in [0.1, 0.15) is 28.8 Å². The van der Waals surface area contributed by atoms with Gasteiger partial charge in [0, 0.05) is 18.2 Å². The van der Waals surface area contributed by atoms with E-state index in [1.165, 1.54) is 16.7 Å². The molecule has 2 aliphatic heterocycles. The minimum absolute atomic E-state index is 0.254. The van der Waals surface area contributed by atoms with E-state index < -0.39 is 6.10 Å². The molecule has 2 atom stereocenters. The fourth-order valence-corrected chi connectivity index (χ4v) is 4.11. The average Bonchev–Trinajstić information content (AvgIpc) is 3.00. The lowest BCUT2D eigenvalue weighted by Crippen LogP contribution is -2.38. The van der Waals surface area contributed by atoms with Crippen LogP contribution in [0.15, 0.2) is 30.3 Å². The monoisotopic (exact) mass is 295 g/mol. The molecule has 1 aliphatic carbocycles. The molecule has 2 heterocycles. The Morgan fingerprint density at radius 1 is 1.23 bits per heavy atom. The fraction of sp³-hybridized carbons (Fsp3) is 0.333. The van der Waals surface area contributed by atoms with Crippen LogP contribution in [-0.4, -0.2) is 30.4 Å². The molecular formula is C18H17NO3. The molecule has 0 saturated heterocycles. The van der Waals surface area contributed by atoms with Gasteiger partial charge in [0.05, 0.1) is 6.10 Å². The highest BCUT2D eigenvalue weighted by Crippen LogP contribution is 2.54. The number of aliphatic hydroxyl groups is 1. The molecule has 0 spiro atoms. The predicted molar refractivity (Wildman–Crippen MR) is 82.0 cm³/mol. The molecule has 0 aromatic heterocycles. The Hall–Kier alpha value is -2.04. The van der Waals surface area contributed by atoms with Crippen LogP contribution >= 0.6 is 0 Å². The Bertz CT molecular complexity index is 786. The van der Waals surface area contributed by atoms with Gasteiger partial charge < -0.3 is 14.6 Å². The topological polar surface area (TPSA) is 41.9 Å². The number of hydrogen-bond donors (Lipinski definition) is 1. The van der Waals surface area contributed by atoms with E-state index in [-0.39, 0.29) is 12.8 Å². The van der Waals surface area contributed by atoms with Gasteiger partial charge in [0.1, 0.15) is 0 Å². The molecule has 0 unspecified atom stereocenters. The maximum atomic E-state index is 10.5. The largest absolute Gasteiger partial charge is 0.454 e. The molecule has 2 aromatic carbocycles. The highest BCUT2D eigenvalue weighted by Gasteiger charge is 2.40. The Morgan fingerprint density at radius 2 is 2.09 bits per heavy atom. The molecular weight excluding hydrogens is 278 g/mol. The first-order valence-corrected chi connectivity index (χ1v) is 7.67. The summed E-state index contributed by atoms with van der Waals surface area (Å²) in [7, 11) is 2.08. The van der Waals surface area contributed by atoms with Crippen molar-refractivity contribution in [1.29, 1.82) is 0 Å². The predicted octanol–water partition coefficient (Wildman–Crippen LogP) is 2.66. The van der Waals surface area contributed by atoms with Crippen molar-refractivity contribution in [3.05, 3.63) is 47.0 Å². The van der Waals surface area contributed by atoms with Gasteiger partial charge in [-0.15, -0.1) is 0 Å². The minimum atomic E-state index is -0.477. The van der Waals surface area contributed by atoms with Gasteiger partial charge in [-0.3, -0.25) is 4.90 Å². The van der Waals surface area contributed by atoms with Crippen LogP contribution in [0.4, 0.5) is 0 Å². The van der Waals surface area contributed by atoms with Crippen molar-refractivity contribution < 1.29 is 14.6 Å². The number of benzene rings is 2. The van der Waals surface area contributed by atoms with Crippen LogP contribution in [0.2, 0.25) is 0 Å².